The van der Waals surface area contributed by atoms with E-state index in [1.165, 1.54) is 16.9 Å². The molecule has 3 aromatic rings. The van der Waals surface area contributed by atoms with E-state index >= 15 is 0 Å². The molecule has 0 N–H and O–H groups in total. The van der Waals surface area contributed by atoms with Crippen molar-refractivity contribution in [2.24, 2.45) is 0 Å². The largest absolute Gasteiger partial charge is 0.337 e. The lowest BCUT2D eigenvalue weighted by Crippen LogP contribution is -2.04. The van der Waals surface area contributed by atoms with Gasteiger partial charge in [-0.05, 0) is 23.8 Å². The SMILES string of the molecule is CCCCc1noc(Cn2nnc(-c3cccc(F)c3)n2)n1. The Labute approximate surface area is 126 Å². The Morgan fingerprint density at radius 3 is 3.05 bits per heavy atom. The zero-order chi connectivity index (χ0) is 15.4. The molecule has 0 radical (unpaired) electrons. The van der Waals surface area contributed by atoms with Crippen LogP contribution in [0.25, 0.3) is 11.4 Å². The second-order valence-corrected chi connectivity index (χ2v) is 4.86. The smallest absolute Gasteiger partial charge is 0.250 e. The van der Waals surface area contributed by atoms with Crippen molar-refractivity contribution in [3.63, 3.8) is 0 Å². The van der Waals surface area contributed by atoms with Gasteiger partial charge in [-0.3, -0.25) is 0 Å². The first kappa shape index (κ1) is 14.3. The van der Waals surface area contributed by atoms with Crippen molar-refractivity contribution in [1.82, 2.24) is 30.3 Å². The van der Waals surface area contributed by atoms with Crippen LogP contribution in [0.5, 0.6) is 0 Å². The summed E-state index contributed by atoms with van der Waals surface area (Å²) in [6, 6.07) is 6.05. The Morgan fingerprint density at radius 1 is 1.32 bits per heavy atom. The van der Waals surface area contributed by atoms with E-state index in [-0.39, 0.29) is 12.4 Å². The molecular weight excluding hydrogens is 287 g/mol. The molecule has 0 atom stereocenters. The zero-order valence-electron chi connectivity index (χ0n) is 12.1. The lowest BCUT2D eigenvalue weighted by Gasteiger charge is -1.94. The molecule has 8 heteroatoms. The van der Waals surface area contributed by atoms with Crippen molar-refractivity contribution >= 4 is 0 Å². The molecule has 2 heterocycles. The monoisotopic (exact) mass is 302 g/mol. The minimum absolute atomic E-state index is 0.238. The molecule has 0 unspecified atom stereocenters. The van der Waals surface area contributed by atoms with Gasteiger partial charge in [0.1, 0.15) is 12.4 Å². The van der Waals surface area contributed by atoms with E-state index in [4.69, 9.17) is 4.52 Å². The standard InChI is InChI=1S/C14H15FN6O/c1-2-3-7-12-16-13(22-19-12)9-21-18-14(17-20-21)10-5-4-6-11(15)8-10/h4-6,8H,2-3,7,9H2,1H3. The molecule has 0 spiro atoms. The number of tetrazole rings is 1. The Kier molecular flexibility index (Phi) is 4.17. The van der Waals surface area contributed by atoms with Crippen molar-refractivity contribution in [2.45, 2.75) is 32.7 Å². The molecule has 114 valence electrons. The third-order valence-corrected chi connectivity index (χ3v) is 3.08. The van der Waals surface area contributed by atoms with Crippen LogP contribution in [-0.2, 0) is 13.0 Å². The van der Waals surface area contributed by atoms with Gasteiger partial charge in [0.25, 0.3) is 0 Å². The molecule has 1 aromatic carbocycles. The van der Waals surface area contributed by atoms with Crippen LogP contribution in [0.1, 0.15) is 31.5 Å². The van der Waals surface area contributed by atoms with E-state index in [1.807, 2.05) is 0 Å². The highest BCUT2D eigenvalue weighted by molar-refractivity contribution is 5.53. The third-order valence-electron chi connectivity index (χ3n) is 3.08. The van der Waals surface area contributed by atoms with Gasteiger partial charge in [-0.25, -0.2) is 4.39 Å². The maximum absolute atomic E-state index is 13.2. The van der Waals surface area contributed by atoms with Gasteiger partial charge in [0.15, 0.2) is 5.82 Å². The van der Waals surface area contributed by atoms with Crippen molar-refractivity contribution in [2.75, 3.05) is 0 Å². The van der Waals surface area contributed by atoms with Crippen LogP contribution in [0.15, 0.2) is 28.8 Å². The van der Waals surface area contributed by atoms with Crippen LogP contribution in [0.4, 0.5) is 4.39 Å². The van der Waals surface area contributed by atoms with Gasteiger partial charge >= 0.3 is 0 Å². The second-order valence-electron chi connectivity index (χ2n) is 4.86. The number of aromatic nitrogens is 6. The summed E-state index contributed by atoms with van der Waals surface area (Å²) in [4.78, 5) is 5.62. The molecule has 0 aliphatic rings. The van der Waals surface area contributed by atoms with Gasteiger partial charge in [-0.15, -0.1) is 10.2 Å². The summed E-state index contributed by atoms with van der Waals surface area (Å²) in [6.45, 7) is 2.34. The van der Waals surface area contributed by atoms with Crippen molar-refractivity contribution in [3.05, 3.63) is 41.8 Å². The number of aryl methyl sites for hydroxylation is 1. The minimum atomic E-state index is -0.341. The van der Waals surface area contributed by atoms with Crippen molar-refractivity contribution in [1.29, 1.82) is 0 Å². The maximum atomic E-state index is 13.2. The van der Waals surface area contributed by atoms with Crippen LogP contribution in [-0.4, -0.2) is 30.3 Å². The van der Waals surface area contributed by atoms with E-state index in [0.717, 1.165) is 19.3 Å². The Hall–Kier alpha value is -2.64. The van der Waals surface area contributed by atoms with Gasteiger partial charge in [0.2, 0.25) is 11.7 Å². The Bertz CT molecular complexity index is 753. The second kappa shape index (κ2) is 6.42. The molecule has 3 rings (SSSR count). The van der Waals surface area contributed by atoms with Crippen LogP contribution >= 0.6 is 0 Å². The first-order chi connectivity index (χ1) is 10.7. The van der Waals surface area contributed by atoms with Gasteiger partial charge in [0.05, 0.1) is 0 Å². The van der Waals surface area contributed by atoms with Gasteiger partial charge < -0.3 is 4.52 Å². The van der Waals surface area contributed by atoms with E-state index in [2.05, 4.69) is 32.5 Å². The molecular formula is C14H15FN6O. The lowest BCUT2D eigenvalue weighted by atomic mass is 10.2. The fourth-order valence-corrected chi connectivity index (χ4v) is 1.97. The predicted molar refractivity (Wildman–Crippen MR) is 75.2 cm³/mol. The van der Waals surface area contributed by atoms with E-state index < -0.39 is 0 Å². The van der Waals surface area contributed by atoms with Crippen LogP contribution in [0, 0.1) is 5.82 Å². The van der Waals surface area contributed by atoms with Crippen LogP contribution in [0.2, 0.25) is 0 Å². The summed E-state index contributed by atoms with van der Waals surface area (Å²) in [5.74, 6) is 1.12. The number of hydrogen-bond donors (Lipinski definition) is 0. The molecule has 0 aliphatic heterocycles. The number of unbranched alkanes of at least 4 members (excludes halogenated alkanes) is 1. The molecule has 0 bridgehead atoms. The highest BCUT2D eigenvalue weighted by Gasteiger charge is 2.11. The fourth-order valence-electron chi connectivity index (χ4n) is 1.97. The van der Waals surface area contributed by atoms with Crippen molar-refractivity contribution < 1.29 is 8.91 Å². The summed E-state index contributed by atoms with van der Waals surface area (Å²) >= 11 is 0. The zero-order valence-corrected chi connectivity index (χ0v) is 12.1. The summed E-state index contributed by atoms with van der Waals surface area (Å²) in [7, 11) is 0. The van der Waals surface area contributed by atoms with Gasteiger partial charge in [-0.2, -0.15) is 9.78 Å². The van der Waals surface area contributed by atoms with E-state index in [1.54, 1.807) is 12.1 Å². The summed E-state index contributed by atoms with van der Waals surface area (Å²) in [5, 5.41) is 15.9. The van der Waals surface area contributed by atoms with E-state index in [0.29, 0.717) is 23.1 Å². The van der Waals surface area contributed by atoms with E-state index in [9.17, 15) is 4.39 Å². The van der Waals surface area contributed by atoms with Gasteiger partial charge in [0, 0.05) is 12.0 Å². The number of hydrogen-bond acceptors (Lipinski definition) is 6. The Balaban J connectivity index is 1.70. The van der Waals surface area contributed by atoms with Crippen LogP contribution in [0.3, 0.4) is 0 Å². The first-order valence-electron chi connectivity index (χ1n) is 7.10. The predicted octanol–water partition coefficient (Wildman–Crippen LogP) is 2.25. The molecule has 0 fully saturated rings. The maximum Gasteiger partial charge on any atom is 0.250 e. The normalized spacial score (nSPS) is 11.0. The fraction of sp³-hybridized carbons (Fsp3) is 0.357. The number of halogens is 1. The minimum Gasteiger partial charge on any atom is -0.337 e. The molecule has 7 nitrogen and oxygen atoms in total. The quantitative estimate of drug-likeness (QED) is 0.694. The number of benzene rings is 1. The number of rotatable bonds is 6. The average Bonchev–Trinajstić information content (AvgIpc) is 3.15. The van der Waals surface area contributed by atoms with Crippen molar-refractivity contribution in [3.8, 4) is 11.4 Å². The lowest BCUT2D eigenvalue weighted by molar-refractivity contribution is 0.352. The third kappa shape index (κ3) is 3.33. The number of nitrogens with zero attached hydrogens (tertiary/aromatic N) is 6. The molecule has 2 aromatic heterocycles. The highest BCUT2D eigenvalue weighted by Crippen LogP contribution is 2.14. The average molecular weight is 302 g/mol. The topological polar surface area (TPSA) is 82.5 Å². The summed E-state index contributed by atoms with van der Waals surface area (Å²) in [5.41, 5.74) is 0.570. The molecule has 0 amide bonds. The first-order valence-corrected chi connectivity index (χ1v) is 7.10. The van der Waals surface area contributed by atoms with Gasteiger partial charge in [-0.1, -0.05) is 30.6 Å². The van der Waals surface area contributed by atoms with Crippen LogP contribution < -0.4 is 0 Å². The summed E-state index contributed by atoms with van der Waals surface area (Å²) < 4.78 is 18.3. The highest BCUT2D eigenvalue weighted by atomic mass is 19.1. The molecule has 0 saturated carbocycles. The molecule has 22 heavy (non-hydrogen) atoms. The molecule has 0 aliphatic carbocycles. The Morgan fingerprint density at radius 2 is 2.23 bits per heavy atom. The summed E-state index contributed by atoms with van der Waals surface area (Å²) in [6.07, 6.45) is 2.88. The molecule has 0 saturated heterocycles.